The maximum atomic E-state index is 12.1. The maximum Gasteiger partial charge on any atom is 0.339 e. The van der Waals surface area contributed by atoms with Crippen molar-refractivity contribution >= 4 is 20.2 Å². The van der Waals surface area contributed by atoms with Gasteiger partial charge in [-0.05, 0) is 43.7 Å². The fourth-order valence-electron chi connectivity index (χ4n) is 1.78. The van der Waals surface area contributed by atoms with E-state index in [9.17, 15) is 21.4 Å². The van der Waals surface area contributed by atoms with Gasteiger partial charge in [-0.1, -0.05) is 23.8 Å². The molecule has 0 unspecified atom stereocenters. The molecule has 0 amide bonds. The molecule has 0 aliphatic carbocycles. The van der Waals surface area contributed by atoms with Crippen LogP contribution in [0, 0.1) is 13.8 Å². The lowest BCUT2D eigenvalue weighted by Crippen LogP contribution is -2.10. The van der Waals surface area contributed by atoms with Crippen LogP contribution < -0.4 is 4.18 Å². The summed E-state index contributed by atoms with van der Waals surface area (Å²) in [6, 6.07) is 9.48. The van der Waals surface area contributed by atoms with E-state index in [1.165, 1.54) is 31.2 Å². The van der Waals surface area contributed by atoms with Crippen molar-refractivity contribution in [3.63, 3.8) is 0 Å². The fraction of sp³-hybridized carbons (Fsp3) is 0.143. The van der Waals surface area contributed by atoms with Crippen molar-refractivity contribution in [1.29, 1.82) is 0 Å². The van der Waals surface area contributed by atoms with Crippen LogP contribution in [-0.2, 0) is 20.2 Å². The van der Waals surface area contributed by atoms with Crippen LogP contribution in [0.4, 0.5) is 0 Å². The molecule has 2 rings (SSSR count). The van der Waals surface area contributed by atoms with Crippen molar-refractivity contribution < 1.29 is 25.6 Å². The molecule has 6 nitrogen and oxygen atoms in total. The molecule has 0 aliphatic heterocycles. The first-order chi connectivity index (χ1) is 10.1. The molecule has 0 saturated heterocycles. The molecule has 2 aromatic rings. The Balaban J connectivity index is 2.40. The molecule has 0 atom stereocenters. The lowest BCUT2D eigenvalue weighted by Gasteiger charge is -2.13. The van der Waals surface area contributed by atoms with Gasteiger partial charge in [-0.15, -0.1) is 0 Å². The van der Waals surface area contributed by atoms with Gasteiger partial charge >= 0.3 is 10.1 Å². The average Bonchev–Trinajstić information content (AvgIpc) is 2.40. The van der Waals surface area contributed by atoms with E-state index in [1.54, 1.807) is 12.1 Å². The van der Waals surface area contributed by atoms with Gasteiger partial charge in [0.1, 0.15) is 20.8 Å². The van der Waals surface area contributed by atoms with E-state index in [0.717, 1.165) is 11.6 Å². The highest BCUT2D eigenvalue weighted by Gasteiger charge is 2.17. The van der Waals surface area contributed by atoms with E-state index >= 15 is 0 Å². The average molecular weight is 341 g/mol. The Labute approximate surface area is 129 Å². The molecule has 118 valence electrons. The predicted molar refractivity (Wildman–Crippen MR) is 78.1 cm³/mol. The minimum absolute atomic E-state index is 0.0646. The second-order valence-electron chi connectivity index (χ2n) is 4.73. The van der Waals surface area contributed by atoms with Crippen LogP contribution in [0.15, 0.2) is 52.3 Å². The molecular formula is C14H13O6S2-. The summed E-state index contributed by atoms with van der Waals surface area (Å²) < 4.78 is 62.5. The molecule has 8 heteroatoms. The van der Waals surface area contributed by atoms with Crippen molar-refractivity contribution in [1.82, 2.24) is 0 Å². The van der Waals surface area contributed by atoms with Gasteiger partial charge in [0.05, 0.1) is 4.90 Å². The zero-order valence-corrected chi connectivity index (χ0v) is 13.4. The highest BCUT2D eigenvalue weighted by molar-refractivity contribution is 7.87. The SMILES string of the molecule is Cc1ccc(S(=O)(=O)Oc2ccc(C)c(S(=O)(=O)[O-])c2)cc1. The molecule has 0 heterocycles. The first-order valence-electron chi connectivity index (χ1n) is 6.17. The minimum Gasteiger partial charge on any atom is -0.744 e. The fourth-order valence-corrected chi connectivity index (χ4v) is 3.43. The van der Waals surface area contributed by atoms with Crippen LogP contribution in [-0.4, -0.2) is 21.4 Å². The van der Waals surface area contributed by atoms with Crippen LogP contribution >= 0.6 is 0 Å². The number of hydrogen-bond acceptors (Lipinski definition) is 6. The van der Waals surface area contributed by atoms with Crippen LogP contribution in [0.3, 0.4) is 0 Å². The Morgan fingerprint density at radius 2 is 1.50 bits per heavy atom. The van der Waals surface area contributed by atoms with Gasteiger partial charge in [0.2, 0.25) is 0 Å². The Hall–Kier alpha value is -1.90. The van der Waals surface area contributed by atoms with E-state index in [-0.39, 0.29) is 16.2 Å². The molecular weight excluding hydrogens is 328 g/mol. The Morgan fingerprint density at radius 3 is 2.05 bits per heavy atom. The molecule has 0 N–H and O–H groups in total. The van der Waals surface area contributed by atoms with E-state index < -0.39 is 25.1 Å². The molecule has 22 heavy (non-hydrogen) atoms. The van der Waals surface area contributed by atoms with Gasteiger partial charge in [-0.2, -0.15) is 8.42 Å². The molecule has 0 aromatic heterocycles. The Kier molecular flexibility index (Phi) is 4.28. The molecule has 0 aliphatic rings. The quantitative estimate of drug-likeness (QED) is 0.622. The van der Waals surface area contributed by atoms with E-state index in [2.05, 4.69) is 0 Å². The van der Waals surface area contributed by atoms with Crippen molar-refractivity contribution in [3.8, 4) is 5.75 Å². The van der Waals surface area contributed by atoms with Crippen molar-refractivity contribution in [3.05, 3.63) is 53.6 Å². The van der Waals surface area contributed by atoms with Crippen molar-refractivity contribution in [2.24, 2.45) is 0 Å². The summed E-state index contributed by atoms with van der Waals surface area (Å²) >= 11 is 0. The summed E-state index contributed by atoms with van der Waals surface area (Å²) in [7, 11) is -8.81. The summed E-state index contributed by atoms with van der Waals surface area (Å²) in [5, 5.41) is 0. The van der Waals surface area contributed by atoms with Crippen LogP contribution in [0.2, 0.25) is 0 Å². The first kappa shape index (κ1) is 16.5. The lowest BCUT2D eigenvalue weighted by atomic mass is 10.2. The molecule has 0 fully saturated rings. The summed E-state index contributed by atoms with van der Waals surface area (Å²) in [4.78, 5) is -0.575. The van der Waals surface area contributed by atoms with Gasteiger partial charge in [0.15, 0.2) is 0 Å². The van der Waals surface area contributed by atoms with Crippen LogP contribution in [0.1, 0.15) is 11.1 Å². The number of aryl methyl sites for hydroxylation is 2. The standard InChI is InChI=1S/C14H14O6S2/c1-10-3-7-13(8-4-10)22(18,19)20-12-6-5-11(2)14(9-12)21(15,16)17/h3-9H,1-2H3,(H,15,16,17)/p-1. The minimum atomic E-state index is -4.71. The topological polar surface area (TPSA) is 101 Å². The number of rotatable bonds is 4. The first-order valence-corrected chi connectivity index (χ1v) is 8.99. The third-order valence-electron chi connectivity index (χ3n) is 2.94. The summed E-state index contributed by atoms with van der Waals surface area (Å²) in [5.74, 6) is -0.236. The predicted octanol–water partition coefficient (Wildman–Crippen LogP) is 1.98. The second-order valence-corrected chi connectivity index (χ2v) is 7.63. The van der Waals surface area contributed by atoms with Gasteiger partial charge in [0.25, 0.3) is 0 Å². The molecule has 0 radical (unpaired) electrons. The second kappa shape index (κ2) is 5.71. The summed E-state index contributed by atoms with van der Waals surface area (Å²) in [6.07, 6.45) is 0. The summed E-state index contributed by atoms with van der Waals surface area (Å²) in [6.45, 7) is 3.24. The Morgan fingerprint density at radius 1 is 0.909 bits per heavy atom. The van der Waals surface area contributed by atoms with Crippen molar-refractivity contribution in [2.45, 2.75) is 23.6 Å². The normalized spacial score (nSPS) is 12.1. The third kappa shape index (κ3) is 3.65. The highest BCUT2D eigenvalue weighted by Crippen LogP contribution is 2.24. The monoisotopic (exact) mass is 341 g/mol. The van der Waals surface area contributed by atoms with Gasteiger partial charge < -0.3 is 8.74 Å². The summed E-state index contributed by atoms with van der Waals surface area (Å²) in [5.41, 5.74) is 1.10. The molecule has 0 bridgehead atoms. The van der Waals surface area contributed by atoms with E-state index in [1.807, 2.05) is 6.92 Å². The van der Waals surface area contributed by atoms with E-state index in [0.29, 0.717) is 0 Å². The highest BCUT2D eigenvalue weighted by atomic mass is 32.2. The number of hydrogen-bond donors (Lipinski definition) is 0. The third-order valence-corrected chi connectivity index (χ3v) is 5.18. The van der Waals surface area contributed by atoms with Crippen LogP contribution in [0.5, 0.6) is 5.75 Å². The zero-order chi connectivity index (χ0) is 16.5. The van der Waals surface area contributed by atoms with Gasteiger partial charge in [0, 0.05) is 0 Å². The molecule has 0 saturated carbocycles. The molecule has 2 aromatic carbocycles. The Bertz CT molecular complexity index is 897. The smallest absolute Gasteiger partial charge is 0.339 e. The van der Waals surface area contributed by atoms with Gasteiger partial charge in [-0.3, -0.25) is 0 Å². The van der Waals surface area contributed by atoms with E-state index in [4.69, 9.17) is 4.18 Å². The zero-order valence-electron chi connectivity index (χ0n) is 11.8. The van der Waals surface area contributed by atoms with Gasteiger partial charge in [-0.25, -0.2) is 8.42 Å². The lowest BCUT2D eigenvalue weighted by molar-refractivity contribution is 0.459. The maximum absolute atomic E-state index is 12.1. The van der Waals surface area contributed by atoms with Crippen LogP contribution in [0.25, 0.3) is 0 Å². The van der Waals surface area contributed by atoms with Crippen molar-refractivity contribution in [2.75, 3.05) is 0 Å². The number of benzene rings is 2. The molecule has 0 spiro atoms. The largest absolute Gasteiger partial charge is 0.744 e.